The van der Waals surface area contributed by atoms with Gasteiger partial charge in [0.15, 0.2) is 0 Å². The summed E-state index contributed by atoms with van der Waals surface area (Å²) in [6, 6.07) is 6.85. The molecule has 0 radical (unpaired) electrons. The van der Waals surface area contributed by atoms with Crippen LogP contribution in [0.4, 0.5) is 9.28 Å². The number of ether oxygens (including phenoxy) is 2. The molecule has 1 amide bonds. The molecule has 1 rings (SSSR count). The summed E-state index contributed by atoms with van der Waals surface area (Å²) in [5.74, 6) is 0.616. The normalized spacial score (nSPS) is 10.9. The molecule has 0 heterocycles. The first-order valence-electron chi connectivity index (χ1n) is 5.61. The lowest BCUT2D eigenvalue weighted by atomic mass is 10.2. The first kappa shape index (κ1) is 14.3. The maximum Gasteiger partial charge on any atom is 0.438 e. The Morgan fingerprint density at radius 3 is 2.61 bits per heavy atom. The van der Waals surface area contributed by atoms with Gasteiger partial charge in [-0.1, -0.05) is 16.6 Å². The zero-order valence-corrected chi connectivity index (χ0v) is 11.1. The molecule has 18 heavy (non-hydrogen) atoms. The Balaban J connectivity index is 2.63. The van der Waals surface area contributed by atoms with Crippen LogP contribution in [0.2, 0.25) is 0 Å². The number of nitrogens with zero attached hydrogens (tertiary/aromatic N) is 1. The first-order chi connectivity index (χ1) is 8.31. The minimum absolute atomic E-state index is 0.0417. The lowest BCUT2D eigenvalue weighted by Gasteiger charge is -2.22. The second-order valence-corrected chi connectivity index (χ2v) is 4.85. The largest absolute Gasteiger partial charge is 0.497 e. The maximum absolute atomic E-state index is 13.6. The monoisotopic (exact) mass is 255 g/mol. The van der Waals surface area contributed by atoms with Crippen molar-refractivity contribution in [1.82, 2.24) is 5.12 Å². The van der Waals surface area contributed by atoms with Gasteiger partial charge in [-0.25, -0.2) is 4.79 Å². The van der Waals surface area contributed by atoms with Crippen molar-refractivity contribution < 1.29 is 18.7 Å². The molecule has 100 valence electrons. The van der Waals surface area contributed by atoms with Crippen LogP contribution in [0.15, 0.2) is 24.3 Å². The lowest BCUT2D eigenvalue weighted by Crippen LogP contribution is -2.31. The van der Waals surface area contributed by atoms with Crippen LogP contribution in [0.25, 0.3) is 0 Å². The Kier molecular flexibility index (Phi) is 4.53. The molecule has 0 spiro atoms. The molecular weight excluding hydrogens is 237 g/mol. The topological polar surface area (TPSA) is 38.8 Å². The van der Waals surface area contributed by atoms with Crippen LogP contribution in [0, 0.1) is 0 Å². The second kappa shape index (κ2) is 5.71. The fraction of sp³-hybridized carbons (Fsp3) is 0.462. The number of benzene rings is 1. The first-order valence-corrected chi connectivity index (χ1v) is 5.61. The van der Waals surface area contributed by atoms with Gasteiger partial charge in [0.2, 0.25) is 0 Å². The number of carbonyl (C=O) groups is 1. The predicted octanol–water partition coefficient (Wildman–Crippen LogP) is 3.32. The summed E-state index contributed by atoms with van der Waals surface area (Å²) in [7, 11) is 1.53. The van der Waals surface area contributed by atoms with E-state index in [1.807, 2.05) is 0 Å². The number of halogens is 1. The number of hydrogen-bond acceptors (Lipinski definition) is 3. The van der Waals surface area contributed by atoms with E-state index in [1.54, 1.807) is 45.0 Å². The molecule has 1 aromatic carbocycles. The fourth-order valence-electron chi connectivity index (χ4n) is 1.31. The van der Waals surface area contributed by atoms with E-state index in [0.29, 0.717) is 11.3 Å². The molecular formula is C13H18FNO3. The highest BCUT2D eigenvalue weighted by molar-refractivity contribution is 5.66. The van der Waals surface area contributed by atoms with Gasteiger partial charge in [-0.3, -0.25) is 0 Å². The number of hydrogen-bond donors (Lipinski definition) is 0. The third kappa shape index (κ3) is 4.61. The third-order valence-electron chi connectivity index (χ3n) is 2.05. The van der Waals surface area contributed by atoms with Gasteiger partial charge >= 0.3 is 6.09 Å². The van der Waals surface area contributed by atoms with Crippen molar-refractivity contribution >= 4 is 6.09 Å². The maximum atomic E-state index is 13.6. The lowest BCUT2D eigenvalue weighted by molar-refractivity contribution is -0.0350. The fourth-order valence-corrected chi connectivity index (χ4v) is 1.31. The minimum Gasteiger partial charge on any atom is -0.497 e. The molecule has 4 nitrogen and oxygen atoms in total. The van der Waals surface area contributed by atoms with Gasteiger partial charge in [0.25, 0.3) is 0 Å². The van der Waals surface area contributed by atoms with Crippen molar-refractivity contribution in [2.45, 2.75) is 32.9 Å². The predicted molar refractivity (Wildman–Crippen MR) is 65.9 cm³/mol. The van der Waals surface area contributed by atoms with Crippen molar-refractivity contribution in [2.75, 3.05) is 7.11 Å². The molecule has 0 N–H and O–H groups in total. The van der Waals surface area contributed by atoms with E-state index in [9.17, 15) is 9.28 Å². The molecule has 0 aromatic heterocycles. The van der Waals surface area contributed by atoms with E-state index < -0.39 is 11.7 Å². The zero-order valence-electron chi connectivity index (χ0n) is 11.1. The van der Waals surface area contributed by atoms with Gasteiger partial charge in [0, 0.05) is 0 Å². The van der Waals surface area contributed by atoms with E-state index in [2.05, 4.69) is 0 Å². The van der Waals surface area contributed by atoms with Crippen molar-refractivity contribution in [3.05, 3.63) is 29.8 Å². The van der Waals surface area contributed by atoms with E-state index in [0.717, 1.165) is 0 Å². The molecule has 0 saturated heterocycles. The van der Waals surface area contributed by atoms with Crippen molar-refractivity contribution in [3.8, 4) is 5.75 Å². The Labute approximate surface area is 106 Å². The van der Waals surface area contributed by atoms with Gasteiger partial charge in [0.05, 0.1) is 13.7 Å². The van der Waals surface area contributed by atoms with Gasteiger partial charge in [-0.05, 0) is 38.5 Å². The SMILES string of the molecule is COc1cccc(CN(F)C(=O)OC(C)(C)C)c1. The summed E-state index contributed by atoms with van der Waals surface area (Å²) in [4.78, 5) is 11.4. The average molecular weight is 255 g/mol. The highest BCUT2D eigenvalue weighted by Crippen LogP contribution is 2.16. The molecule has 0 saturated carbocycles. The summed E-state index contributed by atoms with van der Waals surface area (Å²) >= 11 is 0. The molecule has 0 fully saturated rings. The van der Waals surface area contributed by atoms with E-state index in [-0.39, 0.29) is 11.7 Å². The van der Waals surface area contributed by atoms with Crippen molar-refractivity contribution in [3.63, 3.8) is 0 Å². The minimum atomic E-state index is -0.995. The molecule has 1 aromatic rings. The smallest absolute Gasteiger partial charge is 0.438 e. The Bertz CT molecular complexity index is 415. The molecule has 0 aliphatic carbocycles. The third-order valence-corrected chi connectivity index (χ3v) is 2.05. The summed E-state index contributed by atoms with van der Waals surface area (Å²) in [6.45, 7) is 4.88. The van der Waals surface area contributed by atoms with Crippen LogP contribution in [-0.4, -0.2) is 23.9 Å². The van der Waals surface area contributed by atoms with Crippen molar-refractivity contribution in [1.29, 1.82) is 0 Å². The van der Waals surface area contributed by atoms with Crippen LogP contribution in [0.5, 0.6) is 5.75 Å². The molecule has 0 bridgehead atoms. The van der Waals surface area contributed by atoms with Crippen molar-refractivity contribution in [2.24, 2.45) is 0 Å². The van der Waals surface area contributed by atoms with Gasteiger partial charge in [0.1, 0.15) is 11.4 Å². The average Bonchev–Trinajstić information content (AvgIpc) is 2.27. The van der Waals surface area contributed by atoms with E-state index >= 15 is 0 Å². The summed E-state index contributed by atoms with van der Waals surface area (Å²) in [6.07, 6.45) is -0.995. The highest BCUT2D eigenvalue weighted by atomic mass is 19.2. The summed E-state index contributed by atoms with van der Waals surface area (Å²) < 4.78 is 23.5. The standard InChI is InChI=1S/C13H18FNO3/c1-13(2,3)18-12(16)15(14)9-10-6-5-7-11(8-10)17-4/h5-8H,9H2,1-4H3. The van der Waals surface area contributed by atoms with Crippen LogP contribution in [0.1, 0.15) is 26.3 Å². The van der Waals surface area contributed by atoms with Gasteiger partial charge in [-0.2, -0.15) is 0 Å². The van der Waals surface area contributed by atoms with E-state index in [4.69, 9.17) is 9.47 Å². The second-order valence-electron chi connectivity index (χ2n) is 4.85. The van der Waals surface area contributed by atoms with Crippen LogP contribution in [-0.2, 0) is 11.3 Å². The summed E-state index contributed by atoms with van der Waals surface area (Å²) in [5.41, 5.74) is -0.0850. The van der Waals surface area contributed by atoms with Gasteiger partial charge < -0.3 is 9.47 Å². The molecule has 0 aliphatic rings. The van der Waals surface area contributed by atoms with E-state index in [1.165, 1.54) is 7.11 Å². The Hall–Kier alpha value is -1.78. The molecule has 0 atom stereocenters. The molecule has 0 unspecified atom stereocenters. The van der Waals surface area contributed by atoms with Gasteiger partial charge in [-0.15, -0.1) is 5.12 Å². The number of rotatable bonds is 3. The van der Waals surface area contributed by atoms with Crippen LogP contribution < -0.4 is 4.74 Å². The molecule has 5 heteroatoms. The summed E-state index contributed by atoms with van der Waals surface area (Å²) in [5, 5.41) is 0.0417. The highest BCUT2D eigenvalue weighted by Gasteiger charge is 2.22. The van der Waals surface area contributed by atoms with Crippen LogP contribution >= 0.6 is 0 Å². The number of methoxy groups -OCH3 is 1. The molecule has 0 aliphatic heterocycles. The van der Waals surface area contributed by atoms with Crippen LogP contribution in [0.3, 0.4) is 0 Å². The Morgan fingerprint density at radius 2 is 2.06 bits per heavy atom. The number of amides is 1. The number of carbonyl (C=O) groups excluding carboxylic acids is 1. The quantitative estimate of drug-likeness (QED) is 0.778. The Morgan fingerprint density at radius 1 is 1.39 bits per heavy atom. The zero-order chi connectivity index (χ0) is 13.8.